The molecule has 0 bridgehead atoms. The van der Waals surface area contributed by atoms with Gasteiger partial charge >= 0.3 is 0 Å². The lowest BCUT2D eigenvalue weighted by Crippen LogP contribution is -1.98. The molecule has 0 aliphatic rings. The van der Waals surface area contributed by atoms with Gasteiger partial charge in [0.2, 0.25) is 0 Å². The molecule has 0 saturated heterocycles. The molecule has 1 unspecified atom stereocenters. The lowest BCUT2D eigenvalue weighted by Gasteiger charge is -2.14. The van der Waals surface area contributed by atoms with E-state index in [-0.39, 0.29) is 11.2 Å². The van der Waals surface area contributed by atoms with Crippen molar-refractivity contribution in [1.82, 2.24) is 0 Å². The first-order valence-corrected chi connectivity index (χ1v) is 7.45. The SMILES string of the molecule is Cc1cccc(CC(Cl)c2ccc(F)c3ccccc23)c1. The second-order valence-corrected chi connectivity index (χ2v) is 5.87. The van der Waals surface area contributed by atoms with Crippen molar-refractivity contribution in [2.75, 3.05) is 0 Å². The first-order valence-electron chi connectivity index (χ1n) is 7.02. The van der Waals surface area contributed by atoms with E-state index in [0.29, 0.717) is 5.39 Å². The van der Waals surface area contributed by atoms with Crippen LogP contribution in [0, 0.1) is 12.7 Å². The summed E-state index contributed by atoms with van der Waals surface area (Å²) < 4.78 is 13.9. The van der Waals surface area contributed by atoms with Crippen LogP contribution in [0.5, 0.6) is 0 Å². The van der Waals surface area contributed by atoms with E-state index in [1.165, 1.54) is 17.2 Å². The molecule has 106 valence electrons. The van der Waals surface area contributed by atoms with E-state index in [1.54, 1.807) is 12.1 Å². The first-order chi connectivity index (χ1) is 10.1. The minimum absolute atomic E-state index is 0.169. The van der Waals surface area contributed by atoms with Crippen LogP contribution in [0.25, 0.3) is 10.8 Å². The van der Waals surface area contributed by atoms with Gasteiger partial charge in [-0.15, -0.1) is 11.6 Å². The van der Waals surface area contributed by atoms with Crippen molar-refractivity contribution < 1.29 is 4.39 Å². The van der Waals surface area contributed by atoms with Gasteiger partial charge in [0.25, 0.3) is 0 Å². The summed E-state index contributed by atoms with van der Waals surface area (Å²) in [4.78, 5) is 0. The Kier molecular flexibility index (Phi) is 3.94. The highest BCUT2D eigenvalue weighted by molar-refractivity contribution is 6.22. The molecule has 0 nitrogen and oxygen atoms in total. The van der Waals surface area contributed by atoms with Crippen LogP contribution in [0.15, 0.2) is 60.7 Å². The number of aryl methyl sites for hydroxylation is 1. The van der Waals surface area contributed by atoms with Crippen molar-refractivity contribution in [2.45, 2.75) is 18.7 Å². The maximum atomic E-state index is 13.9. The van der Waals surface area contributed by atoms with Gasteiger partial charge in [0.15, 0.2) is 0 Å². The van der Waals surface area contributed by atoms with Gasteiger partial charge in [-0.3, -0.25) is 0 Å². The van der Waals surface area contributed by atoms with E-state index < -0.39 is 0 Å². The Morgan fingerprint density at radius 2 is 1.71 bits per heavy atom. The van der Waals surface area contributed by atoms with Crippen LogP contribution in [0.3, 0.4) is 0 Å². The molecule has 3 rings (SSSR count). The molecule has 0 aliphatic heterocycles. The average molecular weight is 299 g/mol. The third-order valence-corrected chi connectivity index (χ3v) is 4.13. The maximum absolute atomic E-state index is 13.9. The summed E-state index contributed by atoms with van der Waals surface area (Å²) in [5.74, 6) is -0.200. The largest absolute Gasteiger partial charge is 0.206 e. The molecule has 0 spiro atoms. The standard InChI is InChI=1S/C19H16ClF/c1-13-5-4-6-14(11-13)12-18(20)16-9-10-19(21)17-8-3-2-7-15(16)17/h2-11,18H,12H2,1H3. The van der Waals surface area contributed by atoms with Crippen LogP contribution in [0.2, 0.25) is 0 Å². The van der Waals surface area contributed by atoms with E-state index in [0.717, 1.165) is 17.4 Å². The number of rotatable bonds is 3. The molecular weight excluding hydrogens is 283 g/mol. The van der Waals surface area contributed by atoms with Crippen molar-refractivity contribution in [2.24, 2.45) is 0 Å². The average Bonchev–Trinajstić information content (AvgIpc) is 2.48. The number of alkyl halides is 1. The molecular formula is C19H16ClF. The molecule has 0 fully saturated rings. The third-order valence-electron chi connectivity index (χ3n) is 3.74. The molecule has 0 radical (unpaired) electrons. The van der Waals surface area contributed by atoms with Gasteiger partial charge in [-0.2, -0.15) is 0 Å². The second kappa shape index (κ2) is 5.87. The highest BCUT2D eigenvalue weighted by Crippen LogP contribution is 2.32. The number of fused-ring (bicyclic) bond motifs is 1. The molecule has 21 heavy (non-hydrogen) atoms. The van der Waals surface area contributed by atoms with Gasteiger partial charge in [-0.1, -0.05) is 60.2 Å². The summed E-state index contributed by atoms with van der Waals surface area (Å²) in [5.41, 5.74) is 3.40. The Labute approximate surface area is 129 Å². The van der Waals surface area contributed by atoms with E-state index in [2.05, 4.69) is 25.1 Å². The van der Waals surface area contributed by atoms with E-state index in [4.69, 9.17) is 11.6 Å². The zero-order valence-electron chi connectivity index (χ0n) is 11.8. The minimum atomic E-state index is -0.200. The fraction of sp³-hybridized carbons (Fsp3) is 0.158. The van der Waals surface area contributed by atoms with Crippen LogP contribution in [-0.2, 0) is 6.42 Å². The molecule has 0 N–H and O–H groups in total. The normalized spacial score (nSPS) is 12.5. The Balaban J connectivity index is 1.98. The molecule has 0 saturated carbocycles. The monoisotopic (exact) mass is 298 g/mol. The van der Waals surface area contributed by atoms with Crippen LogP contribution >= 0.6 is 11.6 Å². The molecule has 0 aromatic heterocycles. The topological polar surface area (TPSA) is 0 Å². The van der Waals surface area contributed by atoms with Crippen LogP contribution < -0.4 is 0 Å². The molecule has 3 aromatic carbocycles. The van der Waals surface area contributed by atoms with E-state index >= 15 is 0 Å². The van der Waals surface area contributed by atoms with Gasteiger partial charge in [-0.25, -0.2) is 4.39 Å². The molecule has 1 atom stereocenters. The molecule has 0 aliphatic carbocycles. The quantitative estimate of drug-likeness (QED) is 0.535. The molecule has 0 amide bonds. The number of benzene rings is 3. The van der Waals surface area contributed by atoms with Crippen molar-refractivity contribution in [3.8, 4) is 0 Å². The fourth-order valence-corrected chi connectivity index (χ4v) is 3.08. The summed E-state index contributed by atoms with van der Waals surface area (Å²) in [6, 6.07) is 19.1. The summed E-state index contributed by atoms with van der Waals surface area (Å²) >= 11 is 6.60. The molecule has 0 heterocycles. The predicted molar refractivity (Wildman–Crippen MR) is 87.4 cm³/mol. The minimum Gasteiger partial charge on any atom is -0.206 e. The summed E-state index contributed by atoms with van der Waals surface area (Å²) in [6.45, 7) is 2.07. The maximum Gasteiger partial charge on any atom is 0.131 e. The van der Waals surface area contributed by atoms with Gasteiger partial charge in [0, 0.05) is 5.39 Å². The molecule has 3 aromatic rings. The zero-order valence-corrected chi connectivity index (χ0v) is 12.6. The van der Waals surface area contributed by atoms with Crippen LogP contribution in [0.4, 0.5) is 4.39 Å². The highest BCUT2D eigenvalue weighted by atomic mass is 35.5. The van der Waals surface area contributed by atoms with Gasteiger partial charge < -0.3 is 0 Å². The second-order valence-electron chi connectivity index (χ2n) is 5.34. The summed E-state index contributed by atoms with van der Waals surface area (Å²) in [5, 5.41) is 1.35. The van der Waals surface area contributed by atoms with Gasteiger partial charge in [0.1, 0.15) is 5.82 Å². The smallest absolute Gasteiger partial charge is 0.131 e. The van der Waals surface area contributed by atoms with E-state index in [9.17, 15) is 4.39 Å². The summed E-state index contributed by atoms with van der Waals surface area (Å²) in [7, 11) is 0. The van der Waals surface area contributed by atoms with E-state index in [1.807, 2.05) is 24.3 Å². The predicted octanol–water partition coefficient (Wildman–Crippen LogP) is 5.81. The Bertz CT molecular complexity index is 779. The lowest BCUT2D eigenvalue weighted by molar-refractivity contribution is 0.639. The number of hydrogen-bond acceptors (Lipinski definition) is 0. The Hall–Kier alpha value is -1.86. The third kappa shape index (κ3) is 2.93. The fourth-order valence-electron chi connectivity index (χ4n) is 2.71. The van der Waals surface area contributed by atoms with Crippen molar-refractivity contribution in [1.29, 1.82) is 0 Å². The lowest BCUT2D eigenvalue weighted by atomic mass is 9.97. The van der Waals surface area contributed by atoms with Crippen LogP contribution in [-0.4, -0.2) is 0 Å². The summed E-state index contributed by atoms with van der Waals surface area (Å²) in [6.07, 6.45) is 0.735. The zero-order chi connectivity index (χ0) is 14.8. The first kappa shape index (κ1) is 14.1. The highest BCUT2D eigenvalue weighted by Gasteiger charge is 2.14. The van der Waals surface area contributed by atoms with Crippen molar-refractivity contribution >= 4 is 22.4 Å². The number of halogens is 2. The van der Waals surface area contributed by atoms with Crippen molar-refractivity contribution in [3.05, 3.63) is 83.2 Å². The Morgan fingerprint density at radius 3 is 2.48 bits per heavy atom. The number of hydrogen-bond donors (Lipinski definition) is 0. The van der Waals surface area contributed by atoms with Crippen molar-refractivity contribution in [3.63, 3.8) is 0 Å². The Morgan fingerprint density at radius 1 is 0.952 bits per heavy atom. The van der Waals surface area contributed by atoms with Gasteiger partial charge in [-0.05, 0) is 35.9 Å². The van der Waals surface area contributed by atoms with Gasteiger partial charge in [0.05, 0.1) is 5.38 Å². The molecule has 2 heteroatoms. The van der Waals surface area contributed by atoms with Crippen LogP contribution in [0.1, 0.15) is 22.1 Å².